The highest BCUT2D eigenvalue weighted by Crippen LogP contribution is 2.14. The van der Waals surface area contributed by atoms with Gasteiger partial charge in [0.05, 0.1) is 6.42 Å². The second kappa shape index (κ2) is 8.36. The Labute approximate surface area is 122 Å². The lowest BCUT2D eigenvalue weighted by Gasteiger charge is -2.21. The van der Waals surface area contributed by atoms with Gasteiger partial charge in [-0.05, 0) is 38.3 Å². The molecule has 0 N–H and O–H groups in total. The minimum atomic E-state index is -0.564. The minimum Gasteiger partial charge on any atom is -0.455 e. The summed E-state index contributed by atoms with van der Waals surface area (Å²) >= 11 is 0. The number of carbonyl (C=O) groups excluding carboxylic acids is 1. The van der Waals surface area contributed by atoms with Crippen molar-refractivity contribution in [3.05, 3.63) is 60.2 Å². The van der Waals surface area contributed by atoms with E-state index in [-0.39, 0.29) is 5.97 Å². The molecular formula is C18H24O2. The third-order valence-corrected chi connectivity index (χ3v) is 2.76. The first-order valence-corrected chi connectivity index (χ1v) is 7.12. The summed E-state index contributed by atoms with van der Waals surface area (Å²) in [5, 5.41) is 0. The van der Waals surface area contributed by atoms with Crippen LogP contribution >= 0.6 is 0 Å². The van der Waals surface area contributed by atoms with E-state index in [4.69, 9.17) is 4.74 Å². The zero-order valence-corrected chi connectivity index (χ0v) is 12.6. The van der Waals surface area contributed by atoms with Gasteiger partial charge in [0.15, 0.2) is 0 Å². The zero-order valence-electron chi connectivity index (χ0n) is 12.6. The summed E-state index contributed by atoms with van der Waals surface area (Å²) in [5.41, 5.74) is 0.412. The van der Waals surface area contributed by atoms with Crippen LogP contribution in [0.5, 0.6) is 0 Å². The fourth-order valence-corrected chi connectivity index (χ4v) is 1.82. The molecule has 0 atom stereocenters. The lowest BCUT2D eigenvalue weighted by Crippen LogP contribution is -2.26. The molecule has 2 nitrogen and oxygen atoms in total. The van der Waals surface area contributed by atoms with E-state index in [1.165, 1.54) is 0 Å². The van der Waals surface area contributed by atoms with Crippen LogP contribution in [0.15, 0.2) is 54.6 Å². The molecule has 1 aromatic carbocycles. The van der Waals surface area contributed by atoms with Crippen LogP contribution in [0, 0.1) is 0 Å². The second-order valence-electron chi connectivity index (χ2n) is 5.26. The van der Waals surface area contributed by atoms with Crippen molar-refractivity contribution in [2.24, 2.45) is 0 Å². The molecule has 0 bridgehead atoms. The molecule has 0 amide bonds. The maximum absolute atomic E-state index is 11.9. The Kier molecular flexibility index (Phi) is 6.78. The van der Waals surface area contributed by atoms with E-state index in [0.29, 0.717) is 6.42 Å². The van der Waals surface area contributed by atoms with E-state index in [9.17, 15) is 4.79 Å². The fraction of sp³-hybridized carbons (Fsp3) is 0.389. The van der Waals surface area contributed by atoms with Gasteiger partial charge < -0.3 is 4.74 Å². The van der Waals surface area contributed by atoms with Crippen LogP contribution in [0.1, 0.15) is 39.2 Å². The second-order valence-corrected chi connectivity index (χ2v) is 5.26. The summed E-state index contributed by atoms with van der Waals surface area (Å²) in [6.07, 6.45) is 10.4. The first-order valence-electron chi connectivity index (χ1n) is 7.12. The van der Waals surface area contributed by atoms with Gasteiger partial charge in [-0.2, -0.15) is 0 Å². The van der Waals surface area contributed by atoms with Gasteiger partial charge in [0, 0.05) is 0 Å². The number of benzene rings is 1. The number of rotatable bonds is 7. The number of esters is 1. The van der Waals surface area contributed by atoms with Crippen LogP contribution in [0.3, 0.4) is 0 Å². The van der Waals surface area contributed by atoms with Gasteiger partial charge in [-0.3, -0.25) is 4.79 Å². The van der Waals surface area contributed by atoms with Crippen LogP contribution in [0.2, 0.25) is 0 Å². The molecule has 1 aromatic rings. The third-order valence-electron chi connectivity index (χ3n) is 2.76. The number of hydrogen-bond acceptors (Lipinski definition) is 2. The van der Waals surface area contributed by atoms with Crippen LogP contribution in [0.25, 0.3) is 0 Å². The highest BCUT2D eigenvalue weighted by molar-refractivity contribution is 5.73. The Bertz CT molecular complexity index is 456. The molecule has 0 heterocycles. The molecule has 108 valence electrons. The van der Waals surface area contributed by atoms with Gasteiger partial charge in [0.2, 0.25) is 0 Å². The van der Waals surface area contributed by atoms with Crippen molar-refractivity contribution >= 4 is 5.97 Å². The predicted molar refractivity (Wildman–Crippen MR) is 83.5 cm³/mol. The highest BCUT2D eigenvalue weighted by Gasteiger charge is 2.19. The van der Waals surface area contributed by atoms with Crippen LogP contribution in [-0.2, 0) is 16.0 Å². The lowest BCUT2D eigenvalue weighted by molar-refractivity contribution is -0.151. The summed E-state index contributed by atoms with van der Waals surface area (Å²) in [7, 11) is 0. The summed E-state index contributed by atoms with van der Waals surface area (Å²) in [6.45, 7) is 5.90. The van der Waals surface area contributed by atoms with E-state index >= 15 is 0 Å². The van der Waals surface area contributed by atoms with Gasteiger partial charge in [0.1, 0.15) is 5.60 Å². The van der Waals surface area contributed by atoms with Crippen molar-refractivity contribution in [3.63, 3.8) is 0 Å². The standard InChI is InChI=1S/C18H24O2/c1-4-5-6-7-11-14-18(2,3)20-17(19)15-16-12-9-8-10-13-16/h5-6,8-14H,4,7,15H2,1-3H3/b6-5+,14-11+. The van der Waals surface area contributed by atoms with Crippen molar-refractivity contribution in [3.8, 4) is 0 Å². The Hall–Kier alpha value is -1.83. The average molecular weight is 272 g/mol. The molecule has 0 aliphatic heterocycles. The van der Waals surface area contributed by atoms with E-state index in [2.05, 4.69) is 19.1 Å². The fourth-order valence-electron chi connectivity index (χ4n) is 1.82. The number of ether oxygens (including phenoxy) is 1. The average Bonchev–Trinajstić information content (AvgIpc) is 2.38. The van der Waals surface area contributed by atoms with E-state index < -0.39 is 5.60 Å². The molecule has 0 radical (unpaired) electrons. The molecule has 0 fully saturated rings. The van der Waals surface area contributed by atoms with Crippen molar-refractivity contribution in [2.75, 3.05) is 0 Å². The Morgan fingerprint density at radius 1 is 1.15 bits per heavy atom. The van der Waals surface area contributed by atoms with Crippen LogP contribution < -0.4 is 0 Å². The molecule has 1 rings (SSSR count). The van der Waals surface area contributed by atoms with E-state index in [1.807, 2.05) is 56.3 Å². The molecule has 0 spiro atoms. The van der Waals surface area contributed by atoms with E-state index in [0.717, 1.165) is 18.4 Å². The molecule has 0 unspecified atom stereocenters. The first-order chi connectivity index (χ1) is 9.53. The molecule has 2 heteroatoms. The summed E-state index contributed by atoms with van der Waals surface area (Å²) in [5.74, 6) is -0.199. The van der Waals surface area contributed by atoms with Gasteiger partial charge in [0.25, 0.3) is 0 Å². The molecular weight excluding hydrogens is 248 g/mol. The van der Waals surface area contributed by atoms with Gasteiger partial charge in [-0.1, -0.05) is 55.5 Å². The minimum absolute atomic E-state index is 0.199. The molecule has 0 aliphatic carbocycles. The molecule has 0 saturated carbocycles. The monoisotopic (exact) mass is 272 g/mol. The largest absolute Gasteiger partial charge is 0.455 e. The molecule has 0 aliphatic rings. The Morgan fingerprint density at radius 2 is 1.85 bits per heavy atom. The van der Waals surface area contributed by atoms with E-state index in [1.54, 1.807) is 0 Å². The third kappa shape index (κ3) is 6.93. The predicted octanol–water partition coefficient (Wildman–Crippen LogP) is 4.46. The van der Waals surface area contributed by atoms with Crippen molar-refractivity contribution in [2.45, 2.75) is 45.6 Å². The Morgan fingerprint density at radius 3 is 2.50 bits per heavy atom. The van der Waals surface area contributed by atoms with Crippen molar-refractivity contribution < 1.29 is 9.53 Å². The summed E-state index contributed by atoms with van der Waals surface area (Å²) in [4.78, 5) is 11.9. The number of allylic oxidation sites excluding steroid dienone is 3. The zero-order chi connectivity index (χ0) is 14.8. The van der Waals surface area contributed by atoms with Gasteiger partial charge in [-0.15, -0.1) is 0 Å². The number of carbonyl (C=O) groups is 1. The van der Waals surface area contributed by atoms with Gasteiger partial charge in [-0.25, -0.2) is 0 Å². The summed E-state index contributed by atoms with van der Waals surface area (Å²) in [6, 6.07) is 9.64. The molecule has 0 saturated heterocycles. The van der Waals surface area contributed by atoms with Crippen molar-refractivity contribution in [1.82, 2.24) is 0 Å². The topological polar surface area (TPSA) is 26.3 Å². The normalized spacial score (nSPS) is 12.2. The lowest BCUT2D eigenvalue weighted by atomic mass is 10.1. The molecule has 0 aromatic heterocycles. The maximum Gasteiger partial charge on any atom is 0.311 e. The van der Waals surface area contributed by atoms with Crippen LogP contribution in [-0.4, -0.2) is 11.6 Å². The summed E-state index contributed by atoms with van der Waals surface area (Å²) < 4.78 is 5.50. The maximum atomic E-state index is 11.9. The van der Waals surface area contributed by atoms with Gasteiger partial charge >= 0.3 is 5.97 Å². The first kappa shape index (κ1) is 16.2. The SMILES string of the molecule is CC/C=C/C/C=C/C(C)(C)OC(=O)Cc1ccccc1. The number of hydrogen-bond donors (Lipinski definition) is 0. The van der Waals surface area contributed by atoms with Crippen molar-refractivity contribution in [1.29, 1.82) is 0 Å². The highest BCUT2D eigenvalue weighted by atomic mass is 16.6. The Balaban J connectivity index is 2.44. The smallest absolute Gasteiger partial charge is 0.311 e. The molecule has 20 heavy (non-hydrogen) atoms. The van der Waals surface area contributed by atoms with Crippen LogP contribution in [0.4, 0.5) is 0 Å². The quantitative estimate of drug-likeness (QED) is 0.541.